The highest BCUT2D eigenvalue weighted by atomic mass is 32.2. The van der Waals surface area contributed by atoms with Crippen molar-refractivity contribution in [1.82, 2.24) is 10.5 Å². The van der Waals surface area contributed by atoms with Crippen molar-refractivity contribution in [3.8, 4) is 17.0 Å². The molecule has 1 unspecified atom stereocenters. The quantitative estimate of drug-likeness (QED) is 0.618. The lowest BCUT2D eigenvalue weighted by atomic mass is 9.95. The van der Waals surface area contributed by atoms with Crippen LogP contribution in [0.5, 0.6) is 5.88 Å². The van der Waals surface area contributed by atoms with Gasteiger partial charge in [-0.05, 0) is 24.1 Å². The molecule has 1 aromatic carbocycles. The van der Waals surface area contributed by atoms with Crippen LogP contribution >= 0.6 is 0 Å². The monoisotopic (exact) mass is 431 g/mol. The predicted molar refractivity (Wildman–Crippen MR) is 114 cm³/mol. The van der Waals surface area contributed by atoms with Crippen molar-refractivity contribution in [3.63, 3.8) is 0 Å². The highest BCUT2D eigenvalue weighted by molar-refractivity contribution is 7.92. The summed E-state index contributed by atoms with van der Waals surface area (Å²) in [5.74, 6) is 0.555. The van der Waals surface area contributed by atoms with Gasteiger partial charge in [0.05, 0.1) is 18.5 Å². The summed E-state index contributed by atoms with van der Waals surface area (Å²) in [4.78, 5) is 9.71. The van der Waals surface area contributed by atoms with Gasteiger partial charge >= 0.3 is 0 Å². The van der Waals surface area contributed by atoms with E-state index < -0.39 is 20.7 Å². The van der Waals surface area contributed by atoms with Crippen LogP contribution in [0.3, 0.4) is 0 Å². The van der Waals surface area contributed by atoms with Crippen LogP contribution in [-0.2, 0) is 14.7 Å². The Kier molecular flexibility index (Phi) is 6.14. The molecule has 0 bridgehead atoms. The molecule has 0 amide bonds. The number of nitrogens with zero attached hydrogens (tertiary/aromatic N) is 2. The number of rotatable bonds is 8. The van der Waals surface area contributed by atoms with Gasteiger partial charge < -0.3 is 9.57 Å². The zero-order valence-electron chi connectivity index (χ0n) is 17.1. The molecule has 0 radical (unpaired) electrons. The van der Waals surface area contributed by atoms with Gasteiger partial charge in [-0.25, -0.2) is 13.4 Å². The minimum Gasteiger partial charge on any atom is -0.481 e. The van der Waals surface area contributed by atoms with Crippen molar-refractivity contribution in [3.05, 3.63) is 60.4 Å². The Morgan fingerprint density at radius 3 is 2.43 bits per heavy atom. The van der Waals surface area contributed by atoms with E-state index >= 15 is 0 Å². The van der Waals surface area contributed by atoms with E-state index in [9.17, 15) is 13.6 Å². The number of pyridine rings is 1. The standard InChI is InChI=1S/C21H25N3O5S/c1-14(23-25)21(2,30(4,26)27)12-18-11-19(24-29-18)16-7-5-15(6-8-16)17-9-10-20(28-3)22-13-17/h5-10,13,18,23,25H,1,11-12H2,2-4H3/t18-,21?/m1/s1. The third-order valence-corrected chi connectivity index (χ3v) is 7.49. The first-order valence-electron chi connectivity index (χ1n) is 9.30. The van der Waals surface area contributed by atoms with E-state index in [0.717, 1.165) is 28.7 Å². The van der Waals surface area contributed by atoms with E-state index in [1.54, 1.807) is 19.4 Å². The van der Waals surface area contributed by atoms with Gasteiger partial charge in [0.2, 0.25) is 5.88 Å². The first-order valence-corrected chi connectivity index (χ1v) is 11.2. The number of aromatic nitrogens is 1. The fourth-order valence-electron chi connectivity index (χ4n) is 3.29. The highest BCUT2D eigenvalue weighted by Crippen LogP contribution is 2.33. The zero-order chi connectivity index (χ0) is 21.9. The minimum atomic E-state index is -3.55. The summed E-state index contributed by atoms with van der Waals surface area (Å²) in [5.41, 5.74) is 5.47. The number of hydroxylamine groups is 1. The first-order chi connectivity index (χ1) is 14.2. The second-order valence-electron chi connectivity index (χ2n) is 7.43. The van der Waals surface area contributed by atoms with E-state index in [1.165, 1.54) is 6.92 Å². The van der Waals surface area contributed by atoms with Crippen LogP contribution in [0.1, 0.15) is 25.3 Å². The molecule has 3 rings (SSSR count). The molecule has 2 aromatic rings. The lowest BCUT2D eigenvalue weighted by molar-refractivity contribution is 0.0705. The highest BCUT2D eigenvalue weighted by Gasteiger charge is 2.43. The molecule has 0 spiro atoms. The largest absolute Gasteiger partial charge is 0.481 e. The summed E-state index contributed by atoms with van der Waals surface area (Å²) in [6, 6.07) is 11.5. The molecule has 2 atom stereocenters. The van der Waals surface area contributed by atoms with E-state index in [4.69, 9.17) is 9.57 Å². The van der Waals surface area contributed by atoms with Crippen molar-refractivity contribution >= 4 is 15.5 Å². The zero-order valence-corrected chi connectivity index (χ0v) is 17.9. The van der Waals surface area contributed by atoms with Gasteiger partial charge in [-0.1, -0.05) is 36.0 Å². The number of hydrogen-bond acceptors (Lipinski definition) is 8. The minimum absolute atomic E-state index is 0.000459. The molecule has 1 aromatic heterocycles. The average molecular weight is 432 g/mol. The number of methoxy groups -OCH3 is 1. The average Bonchev–Trinajstić information content (AvgIpc) is 3.20. The molecule has 1 aliphatic heterocycles. The third-order valence-electron chi connectivity index (χ3n) is 5.44. The Hall–Kier alpha value is -2.91. The fourth-order valence-corrected chi connectivity index (χ4v) is 4.27. The predicted octanol–water partition coefficient (Wildman–Crippen LogP) is 2.94. The summed E-state index contributed by atoms with van der Waals surface area (Å²) in [5, 5.41) is 13.3. The number of nitrogens with one attached hydrogen (secondary N) is 1. The van der Waals surface area contributed by atoms with Gasteiger partial charge in [-0.3, -0.25) is 10.7 Å². The van der Waals surface area contributed by atoms with Crippen LogP contribution in [-0.4, -0.2) is 48.5 Å². The van der Waals surface area contributed by atoms with E-state index in [0.29, 0.717) is 12.3 Å². The topological polar surface area (TPSA) is 110 Å². The maximum absolute atomic E-state index is 12.3. The molecule has 0 saturated heterocycles. The van der Waals surface area contributed by atoms with E-state index in [-0.39, 0.29) is 12.1 Å². The van der Waals surface area contributed by atoms with Gasteiger partial charge in [0, 0.05) is 36.9 Å². The van der Waals surface area contributed by atoms with Gasteiger partial charge in [-0.2, -0.15) is 0 Å². The van der Waals surface area contributed by atoms with E-state index in [1.807, 2.05) is 35.8 Å². The van der Waals surface area contributed by atoms with Gasteiger partial charge in [-0.15, -0.1) is 0 Å². The lowest BCUT2D eigenvalue weighted by Crippen LogP contribution is -2.43. The SMILES string of the molecule is C=C(NO)C(C)(C[C@H]1CC(c2ccc(-c3ccc(OC)nc3)cc2)=NO1)S(C)(=O)=O. The molecule has 9 heteroatoms. The molecule has 0 aliphatic carbocycles. The maximum atomic E-state index is 12.3. The molecule has 2 N–H and O–H groups in total. The fraction of sp³-hybridized carbons (Fsp3) is 0.333. The number of hydrogen-bond donors (Lipinski definition) is 2. The van der Waals surface area contributed by atoms with Crippen LogP contribution < -0.4 is 10.2 Å². The number of sulfone groups is 1. The van der Waals surface area contributed by atoms with Crippen molar-refractivity contribution in [2.45, 2.75) is 30.6 Å². The van der Waals surface area contributed by atoms with Crippen molar-refractivity contribution in [2.24, 2.45) is 5.16 Å². The Bertz CT molecular complexity index is 1050. The van der Waals surface area contributed by atoms with Gasteiger partial charge in [0.15, 0.2) is 9.84 Å². The summed E-state index contributed by atoms with van der Waals surface area (Å²) in [7, 11) is -1.98. The molecule has 0 saturated carbocycles. The Morgan fingerprint density at radius 1 is 1.27 bits per heavy atom. The molecule has 1 aliphatic rings. The summed E-state index contributed by atoms with van der Waals surface area (Å²) in [6.07, 6.45) is 2.97. The lowest BCUT2D eigenvalue weighted by Gasteiger charge is -2.30. The number of oxime groups is 1. The van der Waals surface area contributed by atoms with Crippen LogP contribution in [0.15, 0.2) is 60.0 Å². The van der Waals surface area contributed by atoms with Crippen LogP contribution in [0.4, 0.5) is 0 Å². The van der Waals surface area contributed by atoms with Crippen molar-refractivity contribution < 1.29 is 23.2 Å². The molecule has 0 fully saturated rings. The summed E-state index contributed by atoms with van der Waals surface area (Å²) in [6.45, 7) is 5.14. The maximum Gasteiger partial charge on any atom is 0.212 e. The van der Waals surface area contributed by atoms with Crippen molar-refractivity contribution in [1.29, 1.82) is 0 Å². The summed E-state index contributed by atoms with van der Waals surface area (Å²) < 4.78 is 28.3. The van der Waals surface area contributed by atoms with Crippen molar-refractivity contribution in [2.75, 3.05) is 13.4 Å². The third kappa shape index (κ3) is 4.31. The molecule has 160 valence electrons. The number of ether oxygens (including phenoxy) is 1. The summed E-state index contributed by atoms with van der Waals surface area (Å²) >= 11 is 0. The smallest absolute Gasteiger partial charge is 0.212 e. The Balaban J connectivity index is 1.71. The second-order valence-corrected chi connectivity index (χ2v) is 9.88. The molecule has 2 heterocycles. The van der Waals surface area contributed by atoms with Gasteiger partial charge in [0.1, 0.15) is 10.9 Å². The first kappa shape index (κ1) is 21.8. The van der Waals surface area contributed by atoms with Crippen LogP contribution in [0.2, 0.25) is 0 Å². The molecular weight excluding hydrogens is 406 g/mol. The number of benzene rings is 1. The van der Waals surface area contributed by atoms with Crippen LogP contribution in [0, 0.1) is 0 Å². The Labute approximate surface area is 176 Å². The normalized spacial score (nSPS) is 18.1. The van der Waals surface area contributed by atoms with E-state index in [2.05, 4.69) is 16.7 Å². The molecule has 8 nitrogen and oxygen atoms in total. The van der Waals surface area contributed by atoms with Gasteiger partial charge in [0.25, 0.3) is 0 Å². The Morgan fingerprint density at radius 2 is 1.90 bits per heavy atom. The molecular formula is C21H25N3O5S. The second kappa shape index (κ2) is 8.45. The van der Waals surface area contributed by atoms with Crippen LogP contribution in [0.25, 0.3) is 11.1 Å². The molecule has 30 heavy (non-hydrogen) atoms.